The van der Waals surface area contributed by atoms with Crippen molar-refractivity contribution in [2.24, 2.45) is 0 Å². The zero-order valence-electron chi connectivity index (χ0n) is 16.7. The van der Waals surface area contributed by atoms with Crippen molar-refractivity contribution in [3.63, 3.8) is 0 Å². The van der Waals surface area contributed by atoms with Crippen LogP contribution in [0.2, 0.25) is 0 Å². The molecule has 3 rings (SSSR count). The summed E-state index contributed by atoms with van der Waals surface area (Å²) in [4.78, 5) is 12.1. The normalized spacial score (nSPS) is 11.4. The highest BCUT2D eigenvalue weighted by Crippen LogP contribution is 2.27. The van der Waals surface area contributed by atoms with Gasteiger partial charge in [0, 0.05) is 12.1 Å². The quantitative estimate of drug-likeness (QED) is 0.610. The maximum atomic E-state index is 12.1. The monoisotopic (exact) mass is 395 g/mol. The van der Waals surface area contributed by atoms with Crippen LogP contribution in [0.1, 0.15) is 37.5 Å². The van der Waals surface area contributed by atoms with E-state index in [0.717, 1.165) is 16.7 Å². The van der Waals surface area contributed by atoms with E-state index >= 15 is 0 Å². The molecule has 0 fully saturated rings. The predicted molar refractivity (Wildman–Crippen MR) is 112 cm³/mol. The third kappa shape index (κ3) is 5.23. The molecule has 0 spiro atoms. The number of carbonyl (C=O) groups excluding carboxylic acids is 1. The van der Waals surface area contributed by atoms with Crippen LogP contribution in [0, 0.1) is 6.92 Å². The lowest BCUT2D eigenvalue weighted by Crippen LogP contribution is -2.24. The number of carbonyl (C=O) groups is 1. The van der Waals surface area contributed by atoms with Gasteiger partial charge in [-0.1, -0.05) is 68.9 Å². The number of hydrogen-bond acceptors (Lipinski definition) is 5. The summed E-state index contributed by atoms with van der Waals surface area (Å²) in [5, 5.41) is 11.4. The number of thioether (sulfide) groups is 1. The molecule has 0 unspecified atom stereocenters. The molecule has 3 aromatic rings. The van der Waals surface area contributed by atoms with E-state index in [1.165, 1.54) is 17.3 Å². The lowest BCUT2D eigenvalue weighted by molar-refractivity contribution is -0.118. The second kappa shape index (κ2) is 8.61. The predicted octanol–water partition coefficient (Wildman–Crippen LogP) is 4.75. The summed E-state index contributed by atoms with van der Waals surface area (Å²) in [6, 6.07) is 16.1. The molecule has 6 heteroatoms. The minimum atomic E-state index is -0.0671. The molecule has 0 aliphatic heterocycles. The minimum absolute atomic E-state index is 0.0671. The van der Waals surface area contributed by atoms with Gasteiger partial charge >= 0.3 is 0 Å². The zero-order valence-corrected chi connectivity index (χ0v) is 17.5. The van der Waals surface area contributed by atoms with Crippen molar-refractivity contribution < 1.29 is 9.21 Å². The molecule has 0 bridgehead atoms. The van der Waals surface area contributed by atoms with Gasteiger partial charge in [-0.2, -0.15) is 0 Å². The van der Waals surface area contributed by atoms with Crippen molar-refractivity contribution in [2.75, 3.05) is 5.75 Å². The number of hydrogen-bond donors (Lipinski definition) is 1. The fourth-order valence-corrected chi connectivity index (χ4v) is 3.27. The summed E-state index contributed by atoms with van der Waals surface area (Å²) in [5.74, 6) is 0.627. The first-order chi connectivity index (χ1) is 13.3. The first-order valence-corrected chi connectivity index (χ1v) is 10.2. The van der Waals surface area contributed by atoms with Gasteiger partial charge in [0.1, 0.15) is 0 Å². The number of nitrogens with one attached hydrogen (secondary N) is 1. The zero-order chi connectivity index (χ0) is 20.1. The Labute approximate surface area is 170 Å². The Bertz CT molecular complexity index is 943. The second-order valence-corrected chi connectivity index (χ2v) is 8.62. The third-order valence-electron chi connectivity index (χ3n) is 4.47. The average Bonchev–Trinajstić information content (AvgIpc) is 3.14. The summed E-state index contributed by atoms with van der Waals surface area (Å²) >= 11 is 1.24. The second-order valence-electron chi connectivity index (χ2n) is 7.69. The van der Waals surface area contributed by atoms with Crippen molar-refractivity contribution in [3.05, 3.63) is 65.2 Å². The van der Waals surface area contributed by atoms with E-state index in [1.807, 2.05) is 43.3 Å². The van der Waals surface area contributed by atoms with E-state index in [2.05, 4.69) is 48.4 Å². The lowest BCUT2D eigenvalue weighted by Gasteiger charge is -2.18. The molecule has 1 aromatic heterocycles. The van der Waals surface area contributed by atoms with Gasteiger partial charge in [-0.3, -0.25) is 4.79 Å². The molecule has 5 nitrogen and oxygen atoms in total. The van der Waals surface area contributed by atoms with E-state index < -0.39 is 0 Å². The van der Waals surface area contributed by atoms with Crippen LogP contribution in [0.4, 0.5) is 0 Å². The van der Waals surface area contributed by atoms with Gasteiger partial charge < -0.3 is 9.73 Å². The molecule has 2 aromatic carbocycles. The fourth-order valence-electron chi connectivity index (χ4n) is 2.68. The van der Waals surface area contributed by atoms with Crippen molar-refractivity contribution in [3.8, 4) is 11.5 Å². The summed E-state index contributed by atoms with van der Waals surface area (Å²) in [6.07, 6.45) is 0. The first kappa shape index (κ1) is 20.1. The third-order valence-corrected chi connectivity index (χ3v) is 5.29. The van der Waals surface area contributed by atoms with Crippen molar-refractivity contribution >= 4 is 17.7 Å². The van der Waals surface area contributed by atoms with Crippen LogP contribution < -0.4 is 5.32 Å². The molecule has 1 amide bonds. The van der Waals surface area contributed by atoms with Gasteiger partial charge in [-0.05, 0) is 41.2 Å². The van der Waals surface area contributed by atoms with Crippen LogP contribution in [0.15, 0.2) is 58.2 Å². The average molecular weight is 396 g/mol. The van der Waals surface area contributed by atoms with E-state index in [0.29, 0.717) is 17.7 Å². The van der Waals surface area contributed by atoms with Gasteiger partial charge in [0.25, 0.3) is 5.22 Å². The Morgan fingerprint density at radius 3 is 2.46 bits per heavy atom. The molecular formula is C22H25N3O2S. The van der Waals surface area contributed by atoms with Crippen molar-refractivity contribution in [1.29, 1.82) is 0 Å². The minimum Gasteiger partial charge on any atom is -0.411 e. The highest BCUT2D eigenvalue weighted by molar-refractivity contribution is 7.99. The Morgan fingerprint density at radius 1 is 1.07 bits per heavy atom. The largest absolute Gasteiger partial charge is 0.411 e. The Balaban J connectivity index is 1.53. The topological polar surface area (TPSA) is 68.0 Å². The van der Waals surface area contributed by atoms with Gasteiger partial charge in [-0.15, -0.1) is 10.2 Å². The van der Waals surface area contributed by atoms with Crippen LogP contribution in [0.5, 0.6) is 0 Å². The number of rotatable bonds is 6. The van der Waals surface area contributed by atoms with E-state index in [9.17, 15) is 4.79 Å². The number of aryl methyl sites for hydroxylation is 1. The smallest absolute Gasteiger partial charge is 0.277 e. The van der Waals surface area contributed by atoms with Crippen LogP contribution in [-0.4, -0.2) is 21.9 Å². The molecular weight excluding hydrogens is 370 g/mol. The van der Waals surface area contributed by atoms with Crippen molar-refractivity contribution in [1.82, 2.24) is 15.5 Å². The van der Waals surface area contributed by atoms with Gasteiger partial charge in [0.15, 0.2) is 0 Å². The van der Waals surface area contributed by atoms with E-state index in [4.69, 9.17) is 4.42 Å². The maximum Gasteiger partial charge on any atom is 0.277 e. The number of nitrogens with zero attached hydrogens (tertiary/aromatic N) is 2. The summed E-state index contributed by atoms with van der Waals surface area (Å²) in [6.45, 7) is 9.07. The van der Waals surface area contributed by atoms with Crippen LogP contribution in [-0.2, 0) is 16.8 Å². The molecule has 0 saturated carbocycles. The Morgan fingerprint density at radius 2 is 1.79 bits per heavy atom. The SMILES string of the molecule is Cc1ccccc1CNC(=O)CSc1nnc(-c2ccc(C(C)(C)C)cc2)o1. The molecule has 0 saturated heterocycles. The fraction of sp³-hybridized carbons (Fsp3) is 0.318. The number of aromatic nitrogens is 2. The molecule has 146 valence electrons. The number of amides is 1. The van der Waals surface area contributed by atoms with E-state index in [-0.39, 0.29) is 17.1 Å². The first-order valence-electron chi connectivity index (χ1n) is 9.21. The van der Waals surface area contributed by atoms with Crippen LogP contribution >= 0.6 is 11.8 Å². The van der Waals surface area contributed by atoms with Crippen LogP contribution in [0.25, 0.3) is 11.5 Å². The highest BCUT2D eigenvalue weighted by Gasteiger charge is 2.15. The lowest BCUT2D eigenvalue weighted by atomic mass is 9.87. The summed E-state index contributed by atoms with van der Waals surface area (Å²) < 4.78 is 5.69. The maximum absolute atomic E-state index is 12.1. The van der Waals surface area contributed by atoms with Gasteiger partial charge in [-0.25, -0.2) is 0 Å². The van der Waals surface area contributed by atoms with Gasteiger partial charge in [0.2, 0.25) is 11.8 Å². The van der Waals surface area contributed by atoms with E-state index in [1.54, 1.807) is 0 Å². The Kier molecular flexibility index (Phi) is 6.19. The van der Waals surface area contributed by atoms with Crippen LogP contribution in [0.3, 0.4) is 0 Å². The molecule has 1 heterocycles. The molecule has 0 aliphatic carbocycles. The molecule has 28 heavy (non-hydrogen) atoms. The Hall–Kier alpha value is -2.60. The molecule has 1 N–H and O–H groups in total. The molecule has 0 radical (unpaired) electrons. The highest BCUT2D eigenvalue weighted by atomic mass is 32.2. The molecule has 0 aliphatic rings. The number of benzene rings is 2. The molecule has 0 atom stereocenters. The summed E-state index contributed by atoms with van der Waals surface area (Å²) in [5.41, 5.74) is 4.49. The van der Waals surface area contributed by atoms with Crippen molar-refractivity contribution in [2.45, 2.75) is 44.9 Å². The summed E-state index contributed by atoms with van der Waals surface area (Å²) in [7, 11) is 0. The standard InChI is InChI=1S/C22H25N3O2S/c1-15-7-5-6-8-17(15)13-23-19(26)14-28-21-25-24-20(27-21)16-9-11-18(12-10-16)22(2,3)4/h5-12H,13-14H2,1-4H3,(H,23,26). The van der Waals surface area contributed by atoms with Gasteiger partial charge in [0.05, 0.1) is 5.75 Å².